The van der Waals surface area contributed by atoms with Crippen molar-refractivity contribution in [1.82, 2.24) is 0 Å². The van der Waals surface area contributed by atoms with E-state index in [0.717, 1.165) is 0 Å². The number of benzene rings is 1. The zero-order valence-electron chi connectivity index (χ0n) is 10.8. The second-order valence-electron chi connectivity index (χ2n) is 5.06. The molecule has 19 heavy (non-hydrogen) atoms. The number of aliphatic hydroxyl groups is 1. The van der Waals surface area contributed by atoms with E-state index in [1.54, 1.807) is 36.1 Å². The van der Waals surface area contributed by atoms with Crippen molar-refractivity contribution >= 4 is 5.69 Å². The van der Waals surface area contributed by atoms with Crippen LogP contribution >= 0.6 is 0 Å². The molecule has 2 atom stereocenters. The van der Waals surface area contributed by atoms with Gasteiger partial charge in [0.2, 0.25) is 0 Å². The van der Waals surface area contributed by atoms with Crippen LogP contribution in [0.25, 0.3) is 0 Å². The molecule has 1 unspecified atom stereocenters. The van der Waals surface area contributed by atoms with Crippen molar-refractivity contribution in [2.45, 2.75) is 32.0 Å². The van der Waals surface area contributed by atoms with E-state index in [1.165, 1.54) is 0 Å². The molecule has 5 heteroatoms. The van der Waals surface area contributed by atoms with E-state index < -0.39 is 18.2 Å². The van der Waals surface area contributed by atoms with E-state index in [4.69, 9.17) is 0 Å². The van der Waals surface area contributed by atoms with E-state index in [-0.39, 0.29) is 13.0 Å². The van der Waals surface area contributed by atoms with Crippen LogP contribution in [0.3, 0.4) is 0 Å². The molecule has 0 saturated carbocycles. The van der Waals surface area contributed by atoms with Crippen molar-refractivity contribution in [3.05, 3.63) is 29.8 Å². The molecular formula is C14H18F3NO. The summed E-state index contributed by atoms with van der Waals surface area (Å²) < 4.78 is 38.4. The molecule has 1 fully saturated rings. The summed E-state index contributed by atoms with van der Waals surface area (Å²) in [6, 6.07) is 7.12. The van der Waals surface area contributed by atoms with Gasteiger partial charge in [-0.1, -0.05) is 18.2 Å². The molecule has 2 nitrogen and oxygen atoms in total. The lowest BCUT2D eigenvalue weighted by molar-refractivity contribution is -0.176. The number of alkyl halides is 3. The van der Waals surface area contributed by atoms with Crippen LogP contribution in [0.1, 0.15) is 31.4 Å². The molecule has 1 heterocycles. The Kier molecular flexibility index (Phi) is 4.04. The van der Waals surface area contributed by atoms with Gasteiger partial charge in [-0.15, -0.1) is 0 Å². The summed E-state index contributed by atoms with van der Waals surface area (Å²) in [7, 11) is 0. The van der Waals surface area contributed by atoms with E-state index in [1.807, 2.05) is 0 Å². The molecule has 0 bridgehead atoms. The first kappa shape index (κ1) is 14.2. The maximum atomic E-state index is 12.8. The maximum absolute atomic E-state index is 12.8. The monoisotopic (exact) mass is 273 g/mol. The lowest BCUT2D eigenvalue weighted by atomic mass is 9.96. The van der Waals surface area contributed by atoms with Gasteiger partial charge >= 0.3 is 6.18 Å². The molecule has 1 saturated heterocycles. The number of rotatable bonds is 2. The molecular weight excluding hydrogens is 255 g/mol. The van der Waals surface area contributed by atoms with Gasteiger partial charge < -0.3 is 10.0 Å². The van der Waals surface area contributed by atoms with Gasteiger partial charge in [0.05, 0.1) is 12.0 Å². The van der Waals surface area contributed by atoms with Crippen LogP contribution in [0.15, 0.2) is 24.3 Å². The highest BCUT2D eigenvalue weighted by atomic mass is 19.4. The predicted octanol–water partition coefficient (Wildman–Crippen LogP) is 3.52. The fourth-order valence-corrected chi connectivity index (χ4v) is 2.59. The van der Waals surface area contributed by atoms with Crippen molar-refractivity contribution in [1.29, 1.82) is 0 Å². The number of para-hydroxylation sites is 1. The van der Waals surface area contributed by atoms with Gasteiger partial charge in [-0.25, -0.2) is 0 Å². The zero-order chi connectivity index (χ0) is 14.0. The van der Waals surface area contributed by atoms with Crippen molar-refractivity contribution in [3.8, 4) is 0 Å². The predicted molar refractivity (Wildman–Crippen MR) is 68.1 cm³/mol. The summed E-state index contributed by atoms with van der Waals surface area (Å²) in [6.45, 7) is 2.22. The second kappa shape index (κ2) is 5.41. The number of hydrogen-bond acceptors (Lipinski definition) is 2. The smallest absolute Gasteiger partial charge is 0.389 e. The Morgan fingerprint density at radius 1 is 1.32 bits per heavy atom. The average Bonchev–Trinajstić information content (AvgIpc) is 2.38. The zero-order valence-corrected chi connectivity index (χ0v) is 10.8. The summed E-state index contributed by atoms with van der Waals surface area (Å²) in [6.07, 6.45) is -4.10. The third-order valence-electron chi connectivity index (χ3n) is 3.61. The van der Waals surface area contributed by atoms with Crippen LogP contribution in [-0.4, -0.2) is 24.4 Å². The highest BCUT2D eigenvalue weighted by molar-refractivity contribution is 5.54. The minimum absolute atomic E-state index is 0.0206. The Labute approximate surface area is 110 Å². The molecule has 1 aliphatic heterocycles. The Balaban J connectivity index is 2.22. The molecule has 0 spiro atoms. The quantitative estimate of drug-likeness (QED) is 0.891. The Morgan fingerprint density at radius 3 is 2.63 bits per heavy atom. The first-order valence-corrected chi connectivity index (χ1v) is 6.48. The maximum Gasteiger partial charge on any atom is 0.393 e. The van der Waals surface area contributed by atoms with Crippen molar-refractivity contribution in [3.63, 3.8) is 0 Å². The van der Waals surface area contributed by atoms with Crippen LogP contribution in [0.5, 0.6) is 0 Å². The Morgan fingerprint density at radius 2 is 2.00 bits per heavy atom. The molecule has 1 aliphatic rings. The fourth-order valence-electron chi connectivity index (χ4n) is 2.59. The Bertz CT molecular complexity index is 431. The van der Waals surface area contributed by atoms with Gasteiger partial charge in [0.1, 0.15) is 0 Å². The van der Waals surface area contributed by atoms with Gasteiger partial charge in [-0.3, -0.25) is 0 Å². The first-order valence-electron chi connectivity index (χ1n) is 6.48. The van der Waals surface area contributed by atoms with Crippen molar-refractivity contribution in [2.24, 2.45) is 5.92 Å². The normalized spacial score (nSPS) is 22.4. The lowest BCUT2D eigenvalue weighted by Crippen LogP contribution is -2.42. The van der Waals surface area contributed by atoms with Crippen LogP contribution < -0.4 is 4.90 Å². The van der Waals surface area contributed by atoms with E-state index in [0.29, 0.717) is 24.2 Å². The van der Waals surface area contributed by atoms with Crippen molar-refractivity contribution < 1.29 is 18.3 Å². The highest BCUT2D eigenvalue weighted by Gasteiger charge is 2.42. The molecule has 1 N–H and O–H groups in total. The molecule has 2 rings (SSSR count). The summed E-state index contributed by atoms with van der Waals surface area (Å²) >= 11 is 0. The van der Waals surface area contributed by atoms with Crippen molar-refractivity contribution in [2.75, 3.05) is 18.0 Å². The third-order valence-corrected chi connectivity index (χ3v) is 3.61. The number of anilines is 1. The summed E-state index contributed by atoms with van der Waals surface area (Å²) in [5, 5.41) is 9.71. The molecule has 106 valence electrons. The van der Waals surface area contributed by atoms with Gasteiger partial charge in [0.15, 0.2) is 0 Å². The number of aliphatic hydroxyl groups excluding tert-OH is 1. The minimum Gasteiger partial charge on any atom is -0.389 e. The SMILES string of the molecule is C[C@@H](O)c1ccccc1N1CCCC(C(F)(F)F)C1. The van der Waals surface area contributed by atoms with E-state index in [2.05, 4.69) is 0 Å². The highest BCUT2D eigenvalue weighted by Crippen LogP contribution is 2.36. The number of halogens is 3. The van der Waals surface area contributed by atoms with Crippen LogP contribution in [0, 0.1) is 5.92 Å². The summed E-state index contributed by atoms with van der Waals surface area (Å²) in [5.74, 6) is -1.27. The molecule has 0 radical (unpaired) electrons. The van der Waals surface area contributed by atoms with Gasteiger partial charge in [0, 0.05) is 24.3 Å². The first-order chi connectivity index (χ1) is 8.89. The second-order valence-corrected chi connectivity index (χ2v) is 5.06. The third kappa shape index (κ3) is 3.21. The number of piperidine rings is 1. The lowest BCUT2D eigenvalue weighted by Gasteiger charge is -2.36. The molecule has 0 amide bonds. The van der Waals surface area contributed by atoms with E-state index in [9.17, 15) is 18.3 Å². The van der Waals surface area contributed by atoms with E-state index >= 15 is 0 Å². The molecule has 0 aromatic heterocycles. The number of nitrogens with zero attached hydrogens (tertiary/aromatic N) is 1. The number of hydrogen-bond donors (Lipinski definition) is 1. The van der Waals surface area contributed by atoms with Crippen LogP contribution in [-0.2, 0) is 0 Å². The molecule has 1 aromatic carbocycles. The summed E-state index contributed by atoms with van der Waals surface area (Å²) in [4.78, 5) is 1.74. The van der Waals surface area contributed by atoms with Gasteiger partial charge in [-0.05, 0) is 25.8 Å². The van der Waals surface area contributed by atoms with Crippen LogP contribution in [0.4, 0.5) is 18.9 Å². The summed E-state index contributed by atoms with van der Waals surface area (Å²) in [5.41, 5.74) is 1.40. The van der Waals surface area contributed by atoms with Gasteiger partial charge in [0.25, 0.3) is 0 Å². The topological polar surface area (TPSA) is 23.5 Å². The molecule has 0 aliphatic carbocycles. The fraction of sp³-hybridized carbons (Fsp3) is 0.571. The Hall–Kier alpha value is -1.23. The van der Waals surface area contributed by atoms with Gasteiger partial charge in [-0.2, -0.15) is 13.2 Å². The molecule has 1 aromatic rings. The standard InChI is InChI=1S/C14H18F3NO/c1-10(19)12-6-2-3-7-13(12)18-8-4-5-11(9-18)14(15,16)17/h2-3,6-7,10-11,19H,4-5,8-9H2,1H3/t10-,11?/m1/s1. The average molecular weight is 273 g/mol. The largest absolute Gasteiger partial charge is 0.393 e. The van der Waals surface area contributed by atoms with Crippen LogP contribution in [0.2, 0.25) is 0 Å². The minimum atomic E-state index is -4.14.